The molecule has 0 saturated carbocycles. The Morgan fingerprint density at radius 3 is 2.71 bits per heavy atom. The van der Waals surface area contributed by atoms with E-state index in [0.29, 0.717) is 25.2 Å². The van der Waals surface area contributed by atoms with E-state index in [1.807, 2.05) is 22.8 Å². The van der Waals surface area contributed by atoms with Crippen LogP contribution < -0.4 is 5.32 Å². The predicted octanol–water partition coefficient (Wildman–Crippen LogP) is 5.75. The van der Waals surface area contributed by atoms with Crippen LogP contribution in [0.15, 0.2) is 73.1 Å². The molecule has 2 aromatic rings. The Kier molecular flexibility index (Phi) is 8.72. The molecule has 6 heteroatoms. The zero-order valence-corrected chi connectivity index (χ0v) is 23.2. The highest BCUT2D eigenvalue weighted by molar-refractivity contribution is 5.93. The molecule has 4 rings (SSSR count). The second-order valence-electron chi connectivity index (χ2n) is 10.7. The van der Waals surface area contributed by atoms with Gasteiger partial charge in [-0.3, -0.25) is 9.59 Å². The summed E-state index contributed by atoms with van der Waals surface area (Å²) in [5.74, 6) is -0.118. The molecule has 2 aliphatic heterocycles. The van der Waals surface area contributed by atoms with Crippen LogP contribution in [0.5, 0.6) is 0 Å². The maximum absolute atomic E-state index is 14.1. The summed E-state index contributed by atoms with van der Waals surface area (Å²) < 4.78 is 5.96. The van der Waals surface area contributed by atoms with Crippen LogP contribution in [0.3, 0.4) is 0 Å². The molecule has 0 radical (unpaired) electrons. The molecule has 2 aromatic carbocycles. The smallest absolute Gasteiger partial charge is 0.270 e. The first-order valence-electron chi connectivity index (χ1n) is 13.8. The molecule has 2 heterocycles. The lowest BCUT2D eigenvalue weighted by atomic mass is 9.87. The van der Waals surface area contributed by atoms with Crippen LogP contribution in [-0.4, -0.2) is 53.0 Å². The van der Waals surface area contributed by atoms with Gasteiger partial charge in [0.05, 0.1) is 18.6 Å². The van der Waals surface area contributed by atoms with Gasteiger partial charge < -0.3 is 19.9 Å². The van der Waals surface area contributed by atoms with Crippen LogP contribution in [-0.2, 0) is 14.3 Å². The van der Waals surface area contributed by atoms with E-state index in [1.54, 1.807) is 6.20 Å². The van der Waals surface area contributed by atoms with Gasteiger partial charge in [-0.2, -0.15) is 0 Å². The molecule has 0 aliphatic carbocycles. The summed E-state index contributed by atoms with van der Waals surface area (Å²) in [6.45, 7) is 13.5. The molecule has 38 heavy (non-hydrogen) atoms. The lowest BCUT2D eigenvalue weighted by Crippen LogP contribution is -2.67. The average molecular weight is 516 g/mol. The van der Waals surface area contributed by atoms with Crippen molar-refractivity contribution in [1.29, 1.82) is 0 Å². The minimum Gasteiger partial charge on any atom is -0.361 e. The normalized spacial score (nSPS) is 22.3. The van der Waals surface area contributed by atoms with E-state index in [0.717, 1.165) is 36.0 Å². The summed E-state index contributed by atoms with van der Waals surface area (Å²) in [6, 6.07) is 16.7. The van der Waals surface area contributed by atoms with E-state index in [1.165, 1.54) is 5.56 Å². The molecule has 6 nitrogen and oxygen atoms in total. The summed E-state index contributed by atoms with van der Waals surface area (Å²) in [6.07, 6.45) is 7.37. The third-order valence-electron chi connectivity index (χ3n) is 7.87. The zero-order chi connectivity index (χ0) is 27.3. The molecular formula is C32H41N3O3. The molecule has 202 valence electrons. The molecule has 3 unspecified atom stereocenters. The fourth-order valence-corrected chi connectivity index (χ4v) is 5.55. The number of morpholine rings is 1. The zero-order valence-electron chi connectivity index (χ0n) is 23.2. The Balaban J connectivity index is 1.64. The van der Waals surface area contributed by atoms with Crippen molar-refractivity contribution in [2.45, 2.75) is 71.1 Å². The number of hydrogen-bond donors (Lipinski definition) is 1. The highest BCUT2D eigenvalue weighted by Gasteiger charge is 2.46. The summed E-state index contributed by atoms with van der Waals surface area (Å²) in [7, 11) is 0. The number of unbranched alkanes of at least 4 members (excludes halogenated alkanes) is 2. The number of nitrogens with one attached hydrogen (secondary N) is 1. The average Bonchev–Trinajstić information content (AvgIpc) is 2.92. The second kappa shape index (κ2) is 12.0. The van der Waals surface area contributed by atoms with E-state index in [2.05, 4.69) is 81.2 Å². The number of nitrogens with zero attached hydrogens (tertiary/aromatic N) is 2. The van der Waals surface area contributed by atoms with Gasteiger partial charge in [0, 0.05) is 6.54 Å². The molecule has 1 N–H and O–H groups in total. The number of carbonyl (C=O) groups is 2. The first kappa shape index (κ1) is 27.6. The van der Waals surface area contributed by atoms with Crippen LogP contribution in [0.25, 0.3) is 11.1 Å². The highest BCUT2D eigenvalue weighted by atomic mass is 16.5. The molecule has 0 aromatic heterocycles. The van der Waals surface area contributed by atoms with Crippen LogP contribution in [0.2, 0.25) is 0 Å². The number of benzene rings is 2. The predicted molar refractivity (Wildman–Crippen MR) is 152 cm³/mol. The standard InChI is InChI=1S/C32H41N3O3/c1-6-8-9-14-28(31(37)34-20-19-29-32(5,22-34)38-21-30(36)33-29)35(7-2)24(4)26-12-10-11-13-27(26)25-17-15-23(3)16-18-25/h7,10-18,24,29H,2,6,8-9,19-22H2,1,3-5H3,(H,33,36). The number of carbonyl (C=O) groups excluding carboxylic acids is 2. The summed E-state index contributed by atoms with van der Waals surface area (Å²) in [5.41, 5.74) is 4.69. The van der Waals surface area contributed by atoms with Crippen molar-refractivity contribution in [3.05, 3.63) is 84.2 Å². The third-order valence-corrected chi connectivity index (χ3v) is 7.87. The van der Waals surface area contributed by atoms with E-state index in [-0.39, 0.29) is 30.5 Å². The molecule has 2 amide bonds. The molecule has 0 bridgehead atoms. The van der Waals surface area contributed by atoms with Crippen LogP contribution in [0.1, 0.15) is 63.6 Å². The number of hydrogen-bond acceptors (Lipinski definition) is 4. The van der Waals surface area contributed by atoms with Crippen LogP contribution in [0.4, 0.5) is 0 Å². The Morgan fingerprint density at radius 2 is 2.00 bits per heavy atom. The summed E-state index contributed by atoms with van der Waals surface area (Å²) in [4.78, 5) is 29.9. The minimum absolute atomic E-state index is 0.0270. The fraction of sp³-hybridized carbons (Fsp3) is 0.438. The van der Waals surface area contributed by atoms with Crippen LogP contribution >= 0.6 is 0 Å². The van der Waals surface area contributed by atoms with Gasteiger partial charge in [-0.1, -0.05) is 80.1 Å². The summed E-state index contributed by atoms with van der Waals surface area (Å²) >= 11 is 0. The fourth-order valence-electron chi connectivity index (χ4n) is 5.55. The van der Waals surface area contributed by atoms with Crippen molar-refractivity contribution >= 4 is 11.8 Å². The van der Waals surface area contributed by atoms with Gasteiger partial charge in [0.25, 0.3) is 5.91 Å². The maximum atomic E-state index is 14.1. The molecular weight excluding hydrogens is 474 g/mol. The molecule has 2 aliphatic rings. The number of fused-ring (bicyclic) bond motifs is 1. The quantitative estimate of drug-likeness (QED) is 0.341. The van der Waals surface area contributed by atoms with Crippen molar-refractivity contribution in [2.24, 2.45) is 0 Å². The van der Waals surface area contributed by atoms with Crippen molar-refractivity contribution in [2.75, 3.05) is 19.7 Å². The first-order valence-corrected chi connectivity index (χ1v) is 13.8. The third kappa shape index (κ3) is 5.86. The largest absolute Gasteiger partial charge is 0.361 e. The number of allylic oxidation sites excluding steroid dienone is 1. The number of rotatable bonds is 9. The van der Waals surface area contributed by atoms with E-state index in [4.69, 9.17) is 4.74 Å². The van der Waals surface area contributed by atoms with Crippen molar-refractivity contribution in [3.8, 4) is 11.1 Å². The summed E-state index contributed by atoms with van der Waals surface area (Å²) in [5, 5.41) is 3.05. The van der Waals surface area contributed by atoms with E-state index in [9.17, 15) is 9.59 Å². The number of amides is 2. The van der Waals surface area contributed by atoms with Gasteiger partial charge in [0.15, 0.2) is 0 Å². The lowest BCUT2D eigenvalue weighted by molar-refractivity contribution is -0.163. The van der Waals surface area contributed by atoms with Crippen molar-refractivity contribution in [1.82, 2.24) is 15.1 Å². The Hall–Kier alpha value is -3.38. The number of ether oxygens (including phenoxy) is 1. The van der Waals surface area contributed by atoms with E-state index >= 15 is 0 Å². The van der Waals surface area contributed by atoms with Crippen molar-refractivity contribution in [3.63, 3.8) is 0 Å². The topological polar surface area (TPSA) is 61.9 Å². The Morgan fingerprint density at radius 1 is 1.26 bits per heavy atom. The maximum Gasteiger partial charge on any atom is 0.270 e. The highest BCUT2D eigenvalue weighted by Crippen LogP contribution is 2.35. The van der Waals surface area contributed by atoms with Gasteiger partial charge in [-0.05, 0) is 62.9 Å². The van der Waals surface area contributed by atoms with Gasteiger partial charge in [-0.25, -0.2) is 0 Å². The molecule has 2 saturated heterocycles. The van der Waals surface area contributed by atoms with Gasteiger partial charge in [-0.15, -0.1) is 0 Å². The lowest BCUT2D eigenvalue weighted by Gasteiger charge is -2.48. The SMILES string of the molecule is C=CN(C(=CCCCC)C(=O)N1CCC2NC(=O)COC2(C)C1)C(C)c1ccccc1-c1ccc(C)cc1. The minimum atomic E-state index is -0.598. The monoisotopic (exact) mass is 515 g/mol. The second-order valence-corrected chi connectivity index (χ2v) is 10.7. The number of likely N-dealkylation sites (tertiary alicyclic amines) is 1. The number of aryl methyl sites for hydroxylation is 1. The van der Waals surface area contributed by atoms with Gasteiger partial charge in [0.2, 0.25) is 5.91 Å². The first-order chi connectivity index (χ1) is 18.3. The number of piperidine rings is 1. The van der Waals surface area contributed by atoms with Crippen LogP contribution in [0, 0.1) is 6.92 Å². The van der Waals surface area contributed by atoms with Crippen molar-refractivity contribution < 1.29 is 14.3 Å². The van der Waals surface area contributed by atoms with Gasteiger partial charge in [0.1, 0.15) is 17.9 Å². The van der Waals surface area contributed by atoms with E-state index < -0.39 is 5.60 Å². The van der Waals surface area contributed by atoms with Gasteiger partial charge >= 0.3 is 0 Å². The Bertz CT molecular complexity index is 1190. The molecule has 0 spiro atoms. The Labute approximate surface area is 227 Å². The molecule has 3 atom stereocenters. The molecule has 2 fully saturated rings.